The van der Waals surface area contributed by atoms with Gasteiger partial charge in [0, 0.05) is 17.5 Å². The molecule has 0 radical (unpaired) electrons. The molecule has 44 heavy (non-hydrogen) atoms. The summed E-state index contributed by atoms with van der Waals surface area (Å²) in [5.74, 6) is 1.97. The standard InChI is InChI=1S/C27H36N2O3.C8H15N3O/c1-27(2)18-23(22-10-6-7-11-25(22)32-27)29-26(30)20-13-15-24-19(17-20)12-14-21(31-24)9-5-3-4-8-16-28;1-3-8(4-2)5-6(12)10-7(9)11-8/h6-7,10-11,13,15,17,21,23H,3-5,8-9,12,14,16,18,28H2,1-2H3,(H,29,30);3-5H2,1-2H3,(H3,9,10,11,12). The van der Waals surface area contributed by atoms with E-state index in [1.165, 1.54) is 19.3 Å². The molecule has 0 aliphatic carbocycles. The second-order valence-electron chi connectivity index (χ2n) is 12.9. The van der Waals surface area contributed by atoms with Crippen LogP contribution in [0.4, 0.5) is 0 Å². The SMILES string of the molecule is CC1(C)CC(NC(=O)c2ccc3c(c2)CCC(CCCCCCN)O3)c2ccccc2O1.CCC1(CC)CC(=O)NC(N)=N1. The predicted octanol–water partition coefficient (Wildman–Crippen LogP) is 5.70. The maximum atomic E-state index is 13.1. The van der Waals surface area contributed by atoms with E-state index in [4.69, 9.17) is 20.9 Å². The Kier molecular flexibility index (Phi) is 11.3. The van der Waals surface area contributed by atoms with Crippen LogP contribution in [0.5, 0.6) is 11.5 Å². The maximum Gasteiger partial charge on any atom is 0.251 e. The minimum atomic E-state index is -0.324. The Bertz CT molecular complexity index is 1320. The van der Waals surface area contributed by atoms with Gasteiger partial charge in [0.1, 0.15) is 17.1 Å². The maximum absolute atomic E-state index is 13.1. The highest BCUT2D eigenvalue weighted by Gasteiger charge is 2.35. The fourth-order valence-electron chi connectivity index (χ4n) is 6.30. The number of nitrogens with two attached hydrogens (primary N) is 2. The van der Waals surface area contributed by atoms with Crippen LogP contribution in [0, 0.1) is 0 Å². The quantitative estimate of drug-likeness (QED) is 0.256. The molecular weight excluding hydrogens is 554 g/mol. The third-order valence-electron chi connectivity index (χ3n) is 8.94. The van der Waals surface area contributed by atoms with Crippen LogP contribution in [0.3, 0.4) is 0 Å². The first-order valence-corrected chi connectivity index (χ1v) is 16.3. The number of fused-ring (bicyclic) bond motifs is 2. The summed E-state index contributed by atoms with van der Waals surface area (Å²) in [6.07, 6.45) is 11.0. The van der Waals surface area contributed by atoms with Gasteiger partial charge < -0.3 is 26.3 Å². The number of aliphatic imine (C=N–C) groups is 1. The van der Waals surface area contributed by atoms with E-state index in [0.29, 0.717) is 12.0 Å². The lowest BCUT2D eigenvalue weighted by Gasteiger charge is -2.37. The van der Waals surface area contributed by atoms with Crippen LogP contribution in [-0.4, -0.2) is 41.6 Å². The summed E-state index contributed by atoms with van der Waals surface area (Å²) in [5.41, 5.74) is 13.3. The molecule has 2 atom stereocenters. The third kappa shape index (κ3) is 8.74. The van der Waals surface area contributed by atoms with Crippen LogP contribution in [-0.2, 0) is 11.2 Å². The highest BCUT2D eigenvalue weighted by molar-refractivity contribution is 5.98. The van der Waals surface area contributed by atoms with E-state index in [0.717, 1.165) is 74.1 Å². The van der Waals surface area contributed by atoms with Gasteiger partial charge >= 0.3 is 0 Å². The van der Waals surface area contributed by atoms with Crippen molar-refractivity contribution in [1.29, 1.82) is 0 Å². The van der Waals surface area contributed by atoms with Crippen LogP contribution < -0.4 is 31.6 Å². The molecule has 3 aliphatic rings. The molecule has 0 saturated heterocycles. The number of hydrogen-bond acceptors (Lipinski definition) is 7. The van der Waals surface area contributed by atoms with Gasteiger partial charge in [0.15, 0.2) is 5.96 Å². The Labute approximate surface area is 262 Å². The van der Waals surface area contributed by atoms with Crippen molar-refractivity contribution in [3.05, 3.63) is 59.2 Å². The molecule has 2 unspecified atom stereocenters. The highest BCUT2D eigenvalue weighted by atomic mass is 16.5. The Morgan fingerprint density at radius 1 is 1.07 bits per heavy atom. The number of guanidine groups is 1. The van der Waals surface area contributed by atoms with E-state index in [-0.39, 0.29) is 41.1 Å². The molecule has 0 spiro atoms. The van der Waals surface area contributed by atoms with E-state index >= 15 is 0 Å². The molecule has 3 aliphatic heterocycles. The Morgan fingerprint density at radius 3 is 2.55 bits per heavy atom. The first-order chi connectivity index (χ1) is 21.1. The van der Waals surface area contributed by atoms with Gasteiger partial charge in [0.2, 0.25) is 5.91 Å². The summed E-state index contributed by atoms with van der Waals surface area (Å²) >= 11 is 0. The number of nitrogens with one attached hydrogen (secondary N) is 2. The van der Waals surface area contributed by atoms with Gasteiger partial charge in [-0.05, 0) is 95.2 Å². The number of benzene rings is 2. The number of unbranched alkanes of at least 4 members (excludes halogenated alkanes) is 3. The van der Waals surface area contributed by atoms with Crippen LogP contribution in [0.1, 0.15) is 119 Å². The monoisotopic (exact) mass is 605 g/mol. The molecular formula is C35H51N5O4. The summed E-state index contributed by atoms with van der Waals surface area (Å²) in [6, 6.07) is 13.7. The Morgan fingerprint density at radius 2 is 1.82 bits per heavy atom. The van der Waals surface area contributed by atoms with Gasteiger partial charge in [-0.25, -0.2) is 4.99 Å². The topological polar surface area (TPSA) is 141 Å². The number of rotatable bonds is 10. The number of carbonyl (C=O) groups excluding carboxylic acids is 2. The van der Waals surface area contributed by atoms with Gasteiger partial charge in [-0.3, -0.25) is 14.9 Å². The first-order valence-electron chi connectivity index (χ1n) is 16.3. The Hall–Kier alpha value is -3.59. The van der Waals surface area contributed by atoms with Crippen molar-refractivity contribution in [1.82, 2.24) is 10.6 Å². The van der Waals surface area contributed by atoms with E-state index in [2.05, 4.69) is 29.5 Å². The van der Waals surface area contributed by atoms with Crippen LogP contribution in [0.2, 0.25) is 0 Å². The van der Waals surface area contributed by atoms with Gasteiger partial charge in [-0.15, -0.1) is 0 Å². The second-order valence-corrected chi connectivity index (χ2v) is 12.9. The molecule has 0 bridgehead atoms. The zero-order valence-electron chi connectivity index (χ0n) is 26.9. The molecule has 9 heteroatoms. The number of para-hydroxylation sites is 1. The molecule has 0 saturated carbocycles. The molecule has 3 heterocycles. The van der Waals surface area contributed by atoms with Crippen molar-refractivity contribution in [2.24, 2.45) is 16.5 Å². The zero-order chi connectivity index (χ0) is 31.7. The summed E-state index contributed by atoms with van der Waals surface area (Å²) in [7, 11) is 0. The second kappa shape index (κ2) is 14.9. The summed E-state index contributed by atoms with van der Waals surface area (Å²) in [6.45, 7) is 8.96. The van der Waals surface area contributed by atoms with Gasteiger partial charge in [-0.2, -0.15) is 0 Å². The van der Waals surface area contributed by atoms with Crippen LogP contribution >= 0.6 is 0 Å². The van der Waals surface area contributed by atoms with Gasteiger partial charge in [0.25, 0.3) is 5.91 Å². The number of nitrogens with zero attached hydrogens (tertiary/aromatic N) is 1. The minimum absolute atomic E-state index is 0.0220. The molecule has 2 aromatic carbocycles. The average molecular weight is 606 g/mol. The first kappa shape index (κ1) is 33.3. The third-order valence-corrected chi connectivity index (χ3v) is 8.94. The number of amides is 2. The van der Waals surface area contributed by atoms with E-state index in [1.807, 2.05) is 56.3 Å². The van der Waals surface area contributed by atoms with Crippen molar-refractivity contribution in [2.45, 2.75) is 122 Å². The lowest BCUT2D eigenvalue weighted by Crippen LogP contribution is -2.48. The predicted molar refractivity (Wildman–Crippen MR) is 175 cm³/mol. The van der Waals surface area contributed by atoms with Crippen molar-refractivity contribution < 1.29 is 19.1 Å². The van der Waals surface area contributed by atoms with Crippen LogP contribution in [0.25, 0.3) is 0 Å². The largest absolute Gasteiger partial charge is 0.490 e. The average Bonchev–Trinajstić information content (AvgIpc) is 3.00. The molecule has 0 aromatic heterocycles. The number of hydrogen-bond donors (Lipinski definition) is 4. The smallest absolute Gasteiger partial charge is 0.251 e. The summed E-state index contributed by atoms with van der Waals surface area (Å²) in [4.78, 5) is 28.5. The summed E-state index contributed by atoms with van der Waals surface area (Å²) in [5, 5.41) is 5.73. The molecule has 0 fully saturated rings. The Balaban J connectivity index is 0.000000309. The molecule has 2 aromatic rings. The van der Waals surface area contributed by atoms with Crippen LogP contribution in [0.15, 0.2) is 47.5 Å². The number of aryl methyl sites for hydroxylation is 1. The number of ether oxygens (including phenoxy) is 2. The fraction of sp³-hybridized carbons (Fsp3) is 0.571. The van der Waals surface area contributed by atoms with Gasteiger partial charge in [0.05, 0.1) is 24.1 Å². The van der Waals surface area contributed by atoms with Crippen molar-refractivity contribution in [3.63, 3.8) is 0 Å². The van der Waals surface area contributed by atoms with Crippen molar-refractivity contribution in [3.8, 4) is 11.5 Å². The highest BCUT2D eigenvalue weighted by Crippen LogP contribution is 2.39. The van der Waals surface area contributed by atoms with E-state index in [1.54, 1.807) is 0 Å². The normalized spacial score (nSPS) is 21.1. The molecule has 9 nitrogen and oxygen atoms in total. The van der Waals surface area contributed by atoms with E-state index < -0.39 is 0 Å². The van der Waals surface area contributed by atoms with Crippen molar-refractivity contribution in [2.75, 3.05) is 6.54 Å². The lowest BCUT2D eigenvalue weighted by atomic mass is 9.88. The fourth-order valence-corrected chi connectivity index (χ4v) is 6.30. The van der Waals surface area contributed by atoms with E-state index in [9.17, 15) is 9.59 Å². The minimum Gasteiger partial charge on any atom is -0.490 e. The lowest BCUT2D eigenvalue weighted by molar-refractivity contribution is -0.121. The van der Waals surface area contributed by atoms with Crippen molar-refractivity contribution >= 4 is 17.8 Å². The molecule has 240 valence electrons. The summed E-state index contributed by atoms with van der Waals surface area (Å²) < 4.78 is 12.3. The molecule has 2 amide bonds. The van der Waals surface area contributed by atoms with Gasteiger partial charge in [-0.1, -0.05) is 44.9 Å². The molecule has 6 N–H and O–H groups in total. The number of carbonyl (C=O) groups is 2. The zero-order valence-corrected chi connectivity index (χ0v) is 26.9. The molecule has 5 rings (SSSR count).